The first-order valence-electron chi connectivity index (χ1n) is 8.85. The summed E-state index contributed by atoms with van der Waals surface area (Å²) >= 11 is 0. The fourth-order valence-corrected chi connectivity index (χ4v) is 3.61. The molecule has 3 rings (SSSR count). The Morgan fingerprint density at radius 3 is 2.70 bits per heavy atom. The average molecular weight is 316 g/mol. The van der Waals surface area contributed by atoms with Crippen LogP contribution in [0.1, 0.15) is 62.7 Å². The second-order valence-electron chi connectivity index (χ2n) is 7.34. The van der Waals surface area contributed by atoms with E-state index in [1.54, 1.807) is 0 Å². The van der Waals surface area contributed by atoms with Crippen LogP contribution >= 0.6 is 0 Å². The summed E-state index contributed by atoms with van der Waals surface area (Å²) in [4.78, 5) is 26.3. The molecule has 5 heteroatoms. The van der Waals surface area contributed by atoms with Gasteiger partial charge < -0.3 is 0 Å². The van der Waals surface area contributed by atoms with Crippen molar-refractivity contribution in [2.24, 2.45) is 5.92 Å². The number of nitrogens with zero attached hydrogens (tertiary/aromatic N) is 4. The molecule has 1 amide bonds. The van der Waals surface area contributed by atoms with Gasteiger partial charge in [0.1, 0.15) is 11.6 Å². The molecule has 1 unspecified atom stereocenters. The molecule has 0 bridgehead atoms. The maximum Gasteiger partial charge on any atom is 0.228 e. The number of aromatic nitrogens is 2. The average Bonchev–Trinajstić information content (AvgIpc) is 2.92. The van der Waals surface area contributed by atoms with Gasteiger partial charge >= 0.3 is 0 Å². The van der Waals surface area contributed by atoms with Crippen molar-refractivity contribution < 1.29 is 4.79 Å². The molecule has 126 valence electrons. The summed E-state index contributed by atoms with van der Waals surface area (Å²) < 4.78 is 0. The predicted molar refractivity (Wildman–Crippen MR) is 91.5 cm³/mol. The molecule has 1 aromatic heterocycles. The Kier molecular flexibility index (Phi) is 4.67. The third-order valence-corrected chi connectivity index (χ3v) is 5.10. The zero-order chi connectivity index (χ0) is 16.6. The summed E-state index contributed by atoms with van der Waals surface area (Å²) in [6, 6.07) is 0.294. The fourth-order valence-electron chi connectivity index (χ4n) is 3.61. The minimum Gasteiger partial charge on any atom is -0.296 e. The van der Waals surface area contributed by atoms with Gasteiger partial charge in [-0.1, -0.05) is 13.8 Å². The molecule has 0 aliphatic carbocycles. The van der Waals surface area contributed by atoms with E-state index in [0.29, 0.717) is 18.4 Å². The normalized spacial score (nSPS) is 22.0. The summed E-state index contributed by atoms with van der Waals surface area (Å²) in [6.45, 7) is 8.31. The Bertz CT molecular complexity index is 599. The molecule has 2 aliphatic heterocycles. The Balaban J connectivity index is 1.96. The molecule has 1 atom stereocenters. The van der Waals surface area contributed by atoms with Crippen LogP contribution in [0, 0.1) is 12.8 Å². The highest BCUT2D eigenvalue weighted by Gasteiger charge is 2.31. The highest BCUT2D eigenvalue weighted by molar-refractivity contribution is 5.95. The Hall–Kier alpha value is -1.49. The van der Waals surface area contributed by atoms with Crippen LogP contribution < -0.4 is 4.90 Å². The highest BCUT2D eigenvalue weighted by Crippen LogP contribution is 2.33. The molecule has 23 heavy (non-hydrogen) atoms. The zero-order valence-corrected chi connectivity index (χ0v) is 14.8. The van der Waals surface area contributed by atoms with Gasteiger partial charge in [0.15, 0.2) is 0 Å². The molecule has 0 aromatic carbocycles. The third kappa shape index (κ3) is 3.25. The van der Waals surface area contributed by atoms with Crippen LogP contribution in [0.2, 0.25) is 0 Å². The topological polar surface area (TPSA) is 49.3 Å². The summed E-state index contributed by atoms with van der Waals surface area (Å²) in [5.74, 6) is 2.56. The highest BCUT2D eigenvalue weighted by atomic mass is 16.2. The van der Waals surface area contributed by atoms with Crippen molar-refractivity contribution in [3.63, 3.8) is 0 Å². The largest absolute Gasteiger partial charge is 0.296 e. The third-order valence-electron chi connectivity index (χ3n) is 5.10. The molecule has 0 saturated carbocycles. The van der Waals surface area contributed by atoms with Crippen molar-refractivity contribution in [1.82, 2.24) is 14.9 Å². The van der Waals surface area contributed by atoms with E-state index in [4.69, 9.17) is 9.97 Å². The zero-order valence-electron chi connectivity index (χ0n) is 14.8. The van der Waals surface area contributed by atoms with Gasteiger partial charge in [0.05, 0.1) is 6.04 Å². The molecule has 1 saturated heterocycles. The Morgan fingerprint density at radius 1 is 1.26 bits per heavy atom. The lowest BCUT2D eigenvalue weighted by atomic mass is 10.0. The lowest BCUT2D eigenvalue weighted by Gasteiger charge is -2.31. The van der Waals surface area contributed by atoms with Gasteiger partial charge in [-0.2, -0.15) is 0 Å². The van der Waals surface area contributed by atoms with Gasteiger partial charge in [-0.15, -0.1) is 0 Å². The van der Waals surface area contributed by atoms with E-state index in [9.17, 15) is 4.79 Å². The van der Waals surface area contributed by atoms with Crippen molar-refractivity contribution in [1.29, 1.82) is 0 Å². The standard InChI is InChI=1S/C18H28N4O/c1-12(2)9-11-22-16(23)8-7-14-13(3)19-17(20-18(14)22)15-6-5-10-21(15)4/h12,15H,5-11H2,1-4H3. The molecule has 3 heterocycles. The van der Waals surface area contributed by atoms with Crippen molar-refractivity contribution in [2.45, 2.75) is 58.9 Å². The van der Waals surface area contributed by atoms with E-state index in [1.807, 2.05) is 4.90 Å². The maximum atomic E-state index is 12.4. The maximum absolute atomic E-state index is 12.4. The van der Waals surface area contributed by atoms with E-state index >= 15 is 0 Å². The van der Waals surface area contributed by atoms with E-state index in [2.05, 4.69) is 32.7 Å². The lowest BCUT2D eigenvalue weighted by molar-refractivity contribution is -0.119. The van der Waals surface area contributed by atoms with Crippen LogP contribution in [-0.2, 0) is 11.2 Å². The van der Waals surface area contributed by atoms with Crippen molar-refractivity contribution in [3.8, 4) is 0 Å². The molecule has 0 spiro atoms. The second kappa shape index (κ2) is 6.56. The number of rotatable bonds is 4. The number of anilines is 1. The number of fused-ring (bicyclic) bond motifs is 1. The first kappa shape index (κ1) is 16.4. The van der Waals surface area contributed by atoms with Crippen molar-refractivity contribution in [2.75, 3.05) is 25.0 Å². The van der Waals surface area contributed by atoms with Gasteiger partial charge in [0, 0.05) is 24.2 Å². The lowest BCUT2D eigenvalue weighted by Crippen LogP contribution is -2.38. The van der Waals surface area contributed by atoms with Crippen LogP contribution in [0.15, 0.2) is 0 Å². The number of carbonyl (C=O) groups excluding carboxylic acids is 1. The summed E-state index contributed by atoms with van der Waals surface area (Å²) in [5.41, 5.74) is 2.21. The molecule has 0 N–H and O–H groups in total. The minimum atomic E-state index is 0.210. The monoisotopic (exact) mass is 316 g/mol. The van der Waals surface area contributed by atoms with Crippen LogP contribution in [0.4, 0.5) is 5.82 Å². The first-order chi connectivity index (χ1) is 11.0. The van der Waals surface area contributed by atoms with Crippen LogP contribution in [0.3, 0.4) is 0 Å². The van der Waals surface area contributed by atoms with Gasteiger partial charge in [-0.05, 0) is 52.1 Å². The number of amides is 1. The van der Waals surface area contributed by atoms with E-state index in [1.165, 1.54) is 6.42 Å². The molecule has 0 radical (unpaired) electrons. The summed E-state index contributed by atoms with van der Waals surface area (Å²) in [5, 5.41) is 0. The Labute approximate surface area is 139 Å². The number of likely N-dealkylation sites (tertiary alicyclic amines) is 1. The smallest absolute Gasteiger partial charge is 0.228 e. The Morgan fingerprint density at radius 2 is 2.04 bits per heavy atom. The van der Waals surface area contributed by atoms with Crippen LogP contribution in [0.25, 0.3) is 0 Å². The molecule has 5 nitrogen and oxygen atoms in total. The van der Waals surface area contributed by atoms with Gasteiger partial charge in [-0.25, -0.2) is 9.97 Å². The summed E-state index contributed by atoms with van der Waals surface area (Å²) in [6.07, 6.45) is 4.66. The van der Waals surface area contributed by atoms with Gasteiger partial charge in [0.25, 0.3) is 0 Å². The molecular weight excluding hydrogens is 288 g/mol. The van der Waals surface area contributed by atoms with Crippen LogP contribution in [0.5, 0.6) is 0 Å². The quantitative estimate of drug-likeness (QED) is 0.857. The molecule has 1 fully saturated rings. The van der Waals surface area contributed by atoms with Gasteiger partial charge in [-0.3, -0.25) is 14.6 Å². The SMILES string of the molecule is Cc1nc(C2CCCN2C)nc2c1CCC(=O)N2CCC(C)C. The van der Waals surface area contributed by atoms with E-state index < -0.39 is 0 Å². The van der Waals surface area contributed by atoms with E-state index in [-0.39, 0.29) is 5.91 Å². The number of aryl methyl sites for hydroxylation is 1. The predicted octanol–water partition coefficient (Wildman–Crippen LogP) is 2.88. The molecular formula is C18H28N4O. The fraction of sp³-hybridized carbons (Fsp3) is 0.722. The molecule has 2 aliphatic rings. The summed E-state index contributed by atoms with van der Waals surface area (Å²) in [7, 11) is 2.14. The van der Waals surface area contributed by atoms with Gasteiger partial charge in [0.2, 0.25) is 5.91 Å². The van der Waals surface area contributed by atoms with Crippen molar-refractivity contribution in [3.05, 3.63) is 17.1 Å². The van der Waals surface area contributed by atoms with Crippen molar-refractivity contribution >= 4 is 11.7 Å². The first-order valence-corrected chi connectivity index (χ1v) is 8.85. The number of carbonyl (C=O) groups is 1. The minimum absolute atomic E-state index is 0.210. The van der Waals surface area contributed by atoms with Crippen LogP contribution in [-0.4, -0.2) is 40.9 Å². The number of hydrogen-bond acceptors (Lipinski definition) is 4. The molecule has 1 aromatic rings. The number of hydrogen-bond donors (Lipinski definition) is 0. The second-order valence-corrected chi connectivity index (χ2v) is 7.34. The van der Waals surface area contributed by atoms with E-state index in [0.717, 1.165) is 55.3 Å².